The van der Waals surface area contributed by atoms with Gasteiger partial charge in [-0.15, -0.1) is 0 Å². The predicted octanol–water partition coefficient (Wildman–Crippen LogP) is 3.02. The van der Waals surface area contributed by atoms with Gasteiger partial charge < -0.3 is 9.47 Å². The Balaban J connectivity index is 1.58. The summed E-state index contributed by atoms with van der Waals surface area (Å²) < 4.78 is 11.1. The third-order valence-corrected chi connectivity index (χ3v) is 4.95. The molecule has 0 bridgehead atoms. The molecule has 0 spiro atoms. The molecule has 5 nitrogen and oxygen atoms in total. The van der Waals surface area contributed by atoms with E-state index in [9.17, 15) is 4.79 Å². The van der Waals surface area contributed by atoms with Crippen molar-refractivity contribution in [3.8, 4) is 5.75 Å². The molecule has 1 atom stereocenters. The van der Waals surface area contributed by atoms with Crippen molar-refractivity contribution in [2.45, 2.75) is 12.2 Å². The van der Waals surface area contributed by atoms with Gasteiger partial charge in [0.15, 0.2) is 6.10 Å². The molecule has 0 aromatic heterocycles. The first-order valence-corrected chi connectivity index (χ1v) is 9.17. The van der Waals surface area contributed by atoms with Crippen molar-refractivity contribution in [3.63, 3.8) is 0 Å². The molecule has 6 heteroatoms. The summed E-state index contributed by atoms with van der Waals surface area (Å²) in [4.78, 5) is 12.2. The Morgan fingerprint density at radius 1 is 1.24 bits per heavy atom. The molecule has 2 aromatic rings. The Morgan fingerprint density at radius 3 is 2.72 bits per heavy atom. The first-order chi connectivity index (χ1) is 12.3. The van der Waals surface area contributed by atoms with Crippen LogP contribution >= 0.6 is 11.8 Å². The lowest BCUT2D eigenvalue weighted by Crippen LogP contribution is -2.31. The van der Waals surface area contributed by atoms with Gasteiger partial charge >= 0.3 is 0 Å². The molecule has 2 aromatic carbocycles. The van der Waals surface area contributed by atoms with Crippen molar-refractivity contribution in [1.82, 2.24) is 5.43 Å². The van der Waals surface area contributed by atoms with Gasteiger partial charge in [-0.1, -0.05) is 42.5 Å². The van der Waals surface area contributed by atoms with Gasteiger partial charge in [0.05, 0.1) is 6.21 Å². The molecule has 1 heterocycles. The van der Waals surface area contributed by atoms with Crippen LogP contribution in [0, 0.1) is 0 Å². The molecule has 1 aliphatic rings. The number of hydrazone groups is 1. The average molecular weight is 356 g/mol. The van der Waals surface area contributed by atoms with Crippen LogP contribution in [0.3, 0.4) is 0 Å². The monoisotopic (exact) mass is 356 g/mol. The van der Waals surface area contributed by atoms with Crippen molar-refractivity contribution in [2.24, 2.45) is 5.10 Å². The van der Waals surface area contributed by atoms with E-state index in [1.807, 2.05) is 66.4 Å². The van der Waals surface area contributed by atoms with Gasteiger partial charge in [-0.2, -0.15) is 16.9 Å². The molecule has 1 saturated heterocycles. The van der Waals surface area contributed by atoms with E-state index in [0.717, 1.165) is 28.4 Å². The number of amides is 1. The number of carbonyl (C=O) groups is 1. The Hall–Kier alpha value is -2.31. The van der Waals surface area contributed by atoms with Crippen molar-refractivity contribution in [2.75, 3.05) is 18.6 Å². The molecule has 1 fully saturated rings. The lowest BCUT2D eigenvalue weighted by Gasteiger charge is -2.25. The second-order valence-corrected chi connectivity index (χ2v) is 6.69. The minimum absolute atomic E-state index is 0.297. The van der Waals surface area contributed by atoms with Gasteiger partial charge in [0.2, 0.25) is 0 Å². The van der Waals surface area contributed by atoms with Crippen LogP contribution in [0.5, 0.6) is 5.75 Å². The number of thioether (sulfide) groups is 1. The number of methoxy groups -OCH3 is 1. The Kier molecular flexibility index (Phi) is 6.09. The maximum atomic E-state index is 12.2. The Labute approximate surface area is 151 Å². The summed E-state index contributed by atoms with van der Waals surface area (Å²) >= 11 is 1.88. The summed E-state index contributed by atoms with van der Waals surface area (Å²) in [7, 11) is 1.50. The molecular formula is C19H20N2O3S. The average Bonchev–Trinajstić information content (AvgIpc) is 2.60. The Bertz CT molecular complexity index is 732. The fraction of sp³-hybridized carbons (Fsp3) is 0.263. The first-order valence-electron chi connectivity index (χ1n) is 8.01. The molecule has 1 amide bonds. The van der Waals surface area contributed by atoms with Gasteiger partial charge in [-0.25, -0.2) is 5.43 Å². The van der Waals surface area contributed by atoms with Gasteiger partial charge in [-0.3, -0.25) is 4.79 Å². The van der Waals surface area contributed by atoms with Crippen molar-refractivity contribution >= 4 is 23.9 Å². The highest BCUT2D eigenvalue weighted by atomic mass is 32.2. The van der Waals surface area contributed by atoms with Crippen LogP contribution in [0.25, 0.3) is 0 Å². The molecule has 1 aliphatic heterocycles. The summed E-state index contributed by atoms with van der Waals surface area (Å²) in [5.41, 5.74) is 4.17. The topological polar surface area (TPSA) is 59.9 Å². The number of rotatable bonds is 7. The molecule has 25 heavy (non-hydrogen) atoms. The smallest absolute Gasteiger partial charge is 0.273 e. The summed E-state index contributed by atoms with van der Waals surface area (Å²) in [5.74, 6) is 2.57. The summed E-state index contributed by atoms with van der Waals surface area (Å²) in [6, 6.07) is 17.0. The fourth-order valence-electron chi connectivity index (χ4n) is 2.39. The number of nitrogens with one attached hydrogen (secondary N) is 1. The van der Waals surface area contributed by atoms with Gasteiger partial charge in [-0.05, 0) is 23.3 Å². The van der Waals surface area contributed by atoms with Crippen LogP contribution in [-0.4, -0.2) is 36.8 Å². The van der Waals surface area contributed by atoms with Gasteiger partial charge in [0.25, 0.3) is 5.91 Å². The highest BCUT2D eigenvalue weighted by Gasteiger charge is 2.20. The van der Waals surface area contributed by atoms with Crippen LogP contribution in [0.1, 0.15) is 17.2 Å². The predicted molar refractivity (Wildman–Crippen MR) is 100 cm³/mol. The quantitative estimate of drug-likeness (QED) is 0.612. The molecule has 0 radical (unpaired) electrons. The number of nitrogens with zero attached hydrogens (tertiary/aromatic N) is 1. The summed E-state index contributed by atoms with van der Waals surface area (Å²) in [5, 5.41) is 4.03. The zero-order valence-corrected chi connectivity index (χ0v) is 14.7. The van der Waals surface area contributed by atoms with E-state index >= 15 is 0 Å². The number of benzene rings is 2. The Morgan fingerprint density at radius 2 is 2.04 bits per heavy atom. The van der Waals surface area contributed by atoms with Crippen molar-refractivity contribution in [1.29, 1.82) is 0 Å². The summed E-state index contributed by atoms with van der Waals surface area (Å²) in [6.45, 7) is 0. The van der Waals surface area contributed by atoms with Crippen molar-refractivity contribution in [3.05, 3.63) is 65.7 Å². The minimum Gasteiger partial charge on any atom is -0.489 e. The zero-order chi connectivity index (χ0) is 17.5. The first kappa shape index (κ1) is 17.5. The zero-order valence-electron chi connectivity index (χ0n) is 13.9. The molecule has 0 aliphatic carbocycles. The van der Waals surface area contributed by atoms with E-state index in [2.05, 4.69) is 10.5 Å². The number of hydrogen-bond acceptors (Lipinski definition) is 5. The number of carbonyl (C=O) groups excluding carboxylic acids is 1. The highest BCUT2D eigenvalue weighted by Crippen LogP contribution is 2.24. The van der Waals surface area contributed by atoms with Crippen molar-refractivity contribution < 1.29 is 14.3 Å². The van der Waals surface area contributed by atoms with E-state index in [-0.39, 0.29) is 5.91 Å². The van der Waals surface area contributed by atoms with Crippen LogP contribution in [-0.2, 0) is 9.53 Å². The third kappa shape index (κ3) is 4.84. The van der Waals surface area contributed by atoms with E-state index in [0.29, 0.717) is 6.10 Å². The van der Waals surface area contributed by atoms with Crippen LogP contribution in [0.4, 0.5) is 0 Å². The third-order valence-electron chi connectivity index (χ3n) is 3.73. The maximum Gasteiger partial charge on any atom is 0.273 e. The molecule has 1 N–H and O–H groups in total. The second-order valence-electron chi connectivity index (χ2n) is 5.61. The lowest BCUT2D eigenvalue weighted by atomic mass is 10.1. The molecule has 1 unspecified atom stereocenters. The highest BCUT2D eigenvalue weighted by molar-refractivity contribution is 8.00. The fourth-order valence-corrected chi connectivity index (χ4v) is 2.96. The van der Waals surface area contributed by atoms with Crippen LogP contribution < -0.4 is 10.2 Å². The number of hydrogen-bond donors (Lipinski definition) is 1. The number of ether oxygens (including phenoxy) is 2. The minimum atomic E-state index is -0.691. The molecule has 130 valence electrons. The summed E-state index contributed by atoms with van der Waals surface area (Å²) in [6.07, 6.45) is 1.20. The molecule has 0 saturated carbocycles. The second kappa shape index (κ2) is 8.69. The molecule has 3 rings (SSSR count). The van der Waals surface area contributed by atoms with E-state index in [1.165, 1.54) is 7.11 Å². The normalized spacial score (nSPS) is 15.6. The molecular weight excluding hydrogens is 336 g/mol. The van der Waals surface area contributed by atoms with Gasteiger partial charge in [0.1, 0.15) is 11.9 Å². The van der Waals surface area contributed by atoms with E-state index in [4.69, 9.17) is 9.47 Å². The van der Waals surface area contributed by atoms with Crippen LogP contribution in [0.2, 0.25) is 0 Å². The lowest BCUT2D eigenvalue weighted by molar-refractivity contribution is -0.131. The van der Waals surface area contributed by atoms with E-state index in [1.54, 1.807) is 6.21 Å². The van der Waals surface area contributed by atoms with E-state index < -0.39 is 6.10 Å². The standard InChI is InChI=1S/C19H20N2O3S/c1-23-18(15-7-3-2-4-8-15)19(22)21-20-11-14-6-5-9-16(10-14)24-17-12-25-13-17/h2-11,17-18H,12-13H2,1H3,(H,21,22)/b20-11+. The largest absolute Gasteiger partial charge is 0.489 e. The van der Waals surface area contributed by atoms with Gasteiger partial charge in [0, 0.05) is 18.6 Å². The maximum absolute atomic E-state index is 12.2. The van der Waals surface area contributed by atoms with Crippen LogP contribution in [0.15, 0.2) is 59.7 Å². The SMILES string of the molecule is COC(C(=O)N/N=C/c1cccc(OC2CSC2)c1)c1ccccc1.